The van der Waals surface area contributed by atoms with Gasteiger partial charge in [0.1, 0.15) is 13.2 Å². The van der Waals surface area contributed by atoms with Crippen LogP contribution in [0.4, 0.5) is 0 Å². The lowest BCUT2D eigenvalue weighted by molar-refractivity contribution is -0.167. The molecule has 0 aliphatic carbocycles. The largest absolute Gasteiger partial charge is 0.462 e. The summed E-state index contributed by atoms with van der Waals surface area (Å²) in [4.78, 5) is 38.2. The van der Waals surface area contributed by atoms with E-state index in [1.54, 1.807) is 0 Å². The number of rotatable bonds is 54. The predicted octanol–water partition coefficient (Wildman–Crippen LogP) is 19.7. The third-order valence-corrected chi connectivity index (χ3v) is 13.1. The third kappa shape index (κ3) is 54.4. The lowest BCUT2D eigenvalue weighted by atomic mass is 10.0. The van der Waals surface area contributed by atoms with E-state index in [0.717, 1.165) is 70.6 Å². The highest BCUT2D eigenvalue weighted by Crippen LogP contribution is 2.16. The fourth-order valence-corrected chi connectivity index (χ4v) is 8.65. The van der Waals surface area contributed by atoms with Crippen LogP contribution >= 0.6 is 0 Å². The normalized spacial score (nSPS) is 12.2. The van der Waals surface area contributed by atoms with Crippen molar-refractivity contribution in [1.29, 1.82) is 0 Å². The summed E-state index contributed by atoms with van der Waals surface area (Å²) < 4.78 is 16.9. The molecule has 0 aromatic carbocycles. The number of unbranched alkanes of at least 4 members (excludes halogenated alkanes) is 37. The maximum absolute atomic E-state index is 12.8. The highest BCUT2D eigenvalue weighted by atomic mass is 16.6. The molecule has 0 fully saturated rings. The second-order valence-corrected chi connectivity index (χ2v) is 19.9. The van der Waals surface area contributed by atoms with Crippen molar-refractivity contribution >= 4 is 17.9 Å². The Labute approximate surface area is 416 Å². The third-order valence-electron chi connectivity index (χ3n) is 13.1. The van der Waals surface area contributed by atoms with Crippen LogP contribution in [0.3, 0.4) is 0 Å². The van der Waals surface area contributed by atoms with Crippen molar-refractivity contribution in [2.24, 2.45) is 0 Å². The molecule has 0 N–H and O–H groups in total. The van der Waals surface area contributed by atoms with Crippen molar-refractivity contribution in [2.45, 2.75) is 322 Å². The van der Waals surface area contributed by atoms with Gasteiger partial charge in [0.05, 0.1) is 0 Å². The van der Waals surface area contributed by atoms with Gasteiger partial charge < -0.3 is 14.2 Å². The van der Waals surface area contributed by atoms with Gasteiger partial charge in [0.25, 0.3) is 0 Å². The number of carbonyl (C=O) groups is 3. The molecule has 1 atom stereocenters. The summed E-state index contributed by atoms with van der Waals surface area (Å²) in [5.41, 5.74) is 0. The zero-order valence-electron chi connectivity index (χ0n) is 44.9. The van der Waals surface area contributed by atoms with Gasteiger partial charge in [-0.3, -0.25) is 14.4 Å². The summed E-state index contributed by atoms with van der Waals surface area (Å²) in [5.74, 6) is -0.864. The highest BCUT2D eigenvalue weighted by molar-refractivity contribution is 5.71. The molecule has 0 heterocycles. The van der Waals surface area contributed by atoms with Crippen molar-refractivity contribution < 1.29 is 28.6 Å². The molecule has 0 radical (unpaired) electrons. The second kappa shape index (κ2) is 56.2. The van der Waals surface area contributed by atoms with Crippen LogP contribution in [0.2, 0.25) is 0 Å². The average molecular weight is 942 g/mol. The fraction of sp³-hybridized carbons (Fsp3) is 0.852. The Morgan fingerprint density at radius 1 is 0.299 bits per heavy atom. The molecule has 392 valence electrons. The molecule has 67 heavy (non-hydrogen) atoms. The van der Waals surface area contributed by atoms with E-state index in [2.05, 4.69) is 57.2 Å². The van der Waals surface area contributed by atoms with E-state index in [4.69, 9.17) is 14.2 Å². The number of hydrogen-bond donors (Lipinski definition) is 0. The van der Waals surface area contributed by atoms with Crippen LogP contribution in [0.1, 0.15) is 316 Å². The van der Waals surface area contributed by atoms with E-state index in [-0.39, 0.29) is 31.1 Å². The molecule has 0 saturated heterocycles. The summed E-state index contributed by atoms with van der Waals surface area (Å²) in [5, 5.41) is 0. The lowest BCUT2D eigenvalue weighted by Gasteiger charge is -2.18. The number of ether oxygens (including phenoxy) is 3. The molecular formula is C61H112O6. The maximum atomic E-state index is 12.8. The molecule has 0 aromatic heterocycles. The summed E-state index contributed by atoms with van der Waals surface area (Å²) in [7, 11) is 0. The first kappa shape index (κ1) is 64.6. The van der Waals surface area contributed by atoms with E-state index < -0.39 is 6.10 Å². The molecule has 0 bridgehead atoms. The standard InChI is InChI=1S/C61H112O6/c1-4-7-10-13-16-19-22-25-27-29-30-32-34-37-39-42-45-48-51-54-60(63)66-57-58(67-61(64)55-52-49-46-43-40-35-24-21-18-15-12-9-6-3)56-65-59(62)53-50-47-44-41-38-36-33-31-28-26-23-20-17-14-11-8-5-2/h17,20,25-28,58H,4-16,18-19,21-24,29-57H2,1-3H3/b20-17-,27-25-,28-26-/t58-/m1/s1. The highest BCUT2D eigenvalue weighted by Gasteiger charge is 2.19. The Morgan fingerprint density at radius 3 is 0.866 bits per heavy atom. The van der Waals surface area contributed by atoms with E-state index >= 15 is 0 Å². The van der Waals surface area contributed by atoms with Crippen molar-refractivity contribution in [3.05, 3.63) is 36.5 Å². The molecule has 6 heteroatoms. The monoisotopic (exact) mass is 941 g/mol. The first-order chi connectivity index (χ1) is 33.0. The van der Waals surface area contributed by atoms with Gasteiger partial charge in [-0.05, 0) is 77.0 Å². The molecule has 0 spiro atoms. The fourth-order valence-electron chi connectivity index (χ4n) is 8.65. The molecule has 0 aliphatic rings. The van der Waals surface area contributed by atoms with Gasteiger partial charge in [-0.15, -0.1) is 0 Å². The predicted molar refractivity (Wildman–Crippen MR) is 289 cm³/mol. The molecule has 0 saturated carbocycles. The Hall–Kier alpha value is -2.37. The lowest BCUT2D eigenvalue weighted by Crippen LogP contribution is -2.30. The van der Waals surface area contributed by atoms with Crippen molar-refractivity contribution in [3.63, 3.8) is 0 Å². The van der Waals surface area contributed by atoms with Crippen LogP contribution in [-0.2, 0) is 28.6 Å². The van der Waals surface area contributed by atoms with Crippen LogP contribution in [-0.4, -0.2) is 37.2 Å². The minimum absolute atomic E-state index is 0.0721. The minimum atomic E-state index is -0.773. The average Bonchev–Trinajstić information content (AvgIpc) is 3.33. The Morgan fingerprint density at radius 2 is 0.537 bits per heavy atom. The number of hydrogen-bond acceptors (Lipinski definition) is 6. The van der Waals surface area contributed by atoms with Crippen molar-refractivity contribution in [1.82, 2.24) is 0 Å². The smallest absolute Gasteiger partial charge is 0.306 e. The van der Waals surface area contributed by atoms with E-state index in [9.17, 15) is 14.4 Å². The quantitative estimate of drug-likeness (QED) is 0.0262. The second-order valence-electron chi connectivity index (χ2n) is 19.9. The SMILES string of the molecule is CCCCC/C=C\C/C=C\CCCCCCCCCC(=O)OC[C@H](COC(=O)CCCCCCCCCCC/C=C\CCCCCCCC)OC(=O)CCCCCCCCCCCCCCC. The Balaban J connectivity index is 4.32. The van der Waals surface area contributed by atoms with Gasteiger partial charge in [-0.25, -0.2) is 0 Å². The van der Waals surface area contributed by atoms with Crippen LogP contribution in [0.5, 0.6) is 0 Å². The van der Waals surface area contributed by atoms with E-state index in [1.807, 2.05) is 0 Å². The topological polar surface area (TPSA) is 78.9 Å². The zero-order chi connectivity index (χ0) is 48.6. The molecule has 0 rings (SSSR count). The molecule has 0 amide bonds. The molecule has 0 unspecified atom stereocenters. The Kier molecular flexibility index (Phi) is 54.2. The van der Waals surface area contributed by atoms with Crippen LogP contribution in [0.15, 0.2) is 36.5 Å². The van der Waals surface area contributed by atoms with Gasteiger partial charge in [-0.2, -0.15) is 0 Å². The molecule has 0 aromatic rings. The first-order valence-electron chi connectivity index (χ1n) is 29.5. The summed E-state index contributed by atoms with van der Waals surface area (Å²) in [6.07, 6.45) is 67.0. The molecule has 0 aliphatic heterocycles. The van der Waals surface area contributed by atoms with Gasteiger partial charge in [-0.1, -0.05) is 256 Å². The van der Waals surface area contributed by atoms with Crippen LogP contribution in [0, 0.1) is 0 Å². The Bertz CT molecular complexity index is 1130. The zero-order valence-corrected chi connectivity index (χ0v) is 44.9. The number of carbonyl (C=O) groups excluding carboxylic acids is 3. The van der Waals surface area contributed by atoms with Gasteiger partial charge in [0.2, 0.25) is 0 Å². The maximum Gasteiger partial charge on any atom is 0.306 e. The number of esters is 3. The van der Waals surface area contributed by atoms with Crippen LogP contribution < -0.4 is 0 Å². The van der Waals surface area contributed by atoms with Crippen LogP contribution in [0.25, 0.3) is 0 Å². The molecule has 6 nitrogen and oxygen atoms in total. The first-order valence-corrected chi connectivity index (χ1v) is 29.5. The van der Waals surface area contributed by atoms with Gasteiger partial charge in [0.15, 0.2) is 6.10 Å². The summed E-state index contributed by atoms with van der Waals surface area (Å²) in [6.45, 7) is 6.64. The summed E-state index contributed by atoms with van der Waals surface area (Å²) in [6, 6.07) is 0. The van der Waals surface area contributed by atoms with Crippen molar-refractivity contribution in [3.8, 4) is 0 Å². The van der Waals surface area contributed by atoms with Gasteiger partial charge >= 0.3 is 17.9 Å². The number of allylic oxidation sites excluding steroid dienone is 6. The van der Waals surface area contributed by atoms with E-state index in [0.29, 0.717) is 19.3 Å². The van der Waals surface area contributed by atoms with Gasteiger partial charge in [0, 0.05) is 19.3 Å². The van der Waals surface area contributed by atoms with E-state index in [1.165, 1.54) is 205 Å². The summed E-state index contributed by atoms with van der Waals surface area (Å²) >= 11 is 0. The molecular weight excluding hydrogens is 829 g/mol. The van der Waals surface area contributed by atoms with Crippen molar-refractivity contribution in [2.75, 3.05) is 13.2 Å². The minimum Gasteiger partial charge on any atom is -0.462 e.